The van der Waals surface area contributed by atoms with Crippen LogP contribution in [0.1, 0.15) is 40.8 Å². The minimum atomic E-state index is -3.77. The zero-order valence-corrected chi connectivity index (χ0v) is 19.2. The van der Waals surface area contributed by atoms with Crippen molar-refractivity contribution in [3.8, 4) is 0 Å². The van der Waals surface area contributed by atoms with Gasteiger partial charge in [-0.1, -0.05) is 23.8 Å². The van der Waals surface area contributed by atoms with Crippen LogP contribution in [-0.4, -0.2) is 40.6 Å². The highest BCUT2D eigenvalue weighted by Gasteiger charge is 2.40. The Morgan fingerprint density at radius 2 is 1.87 bits per heavy atom. The summed E-state index contributed by atoms with van der Waals surface area (Å²) in [5.41, 5.74) is 5.08. The third-order valence-electron chi connectivity index (χ3n) is 5.85. The average molecular weight is 441 g/mol. The van der Waals surface area contributed by atoms with E-state index in [2.05, 4.69) is 10.3 Å². The summed E-state index contributed by atoms with van der Waals surface area (Å²) in [6.07, 6.45) is 4.97. The minimum absolute atomic E-state index is 0.257. The maximum absolute atomic E-state index is 13.5. The molecule has 1 amide bonds. The molecule has 1 aliphatic rings. The van der Waals surface area contributed by atoms with Crippen molar-refractivity contribution in [3.63, 3.8) is 0 Å². The lowest BCUT2D eigenvalue weighted by atomic mass is 10.1. The van der Waals surface area contributed by atoms with Gasteiger partial charge in [0.1, 0.15) is 11.7 Å². The Kier molecular flexibility index (Phi) is 5.61. The van der Waals surface area contributed by atoms with Gasteiger partial charge in [-0.15, -0.1) is 0 Å². The monoisotopic (exact) mass is 440 g/mol. The number of rotatable bonds is 5. The van der Waals surface area contributed by atoms with Gasteiger partial charge >= 0.3 is 0 Å². The molecule has 8 heteroatoms. The average Bonchev–Trinajstić information content (AvgIpc) is 3.33. The van der Waals surface area contributed by atoms with E-state index in [0.29, 0.717) is 35.4 Å². The molecule has 1 N–H and O–H groups in total. The summed E-state index contributed by atoms with van der Waals surface area (Å²) in [7, 11) is -3.77. The molecule has 7 nitrogen and oxygen atoms in total. The molecule has 3 aromatic rings. The summed E-state index contributed by atoms with van der Waals surface area (Å²) in [6.45, 7) is 8.16. The SMILES string of the molecule is Cc1cc(C)c(S(=O)(=O)N2CCCC2C(=O)NCc2cn3cccc(C)c3n2)c(C)c1. The summed E-state index contributed by atoms with van der Waals surface area (Å²) in [5, 5.41) is 2.89. The number of nitrogens with zero attached hydrogens (tertiary/aromatic N) is 3. The number of hydrogen-bond acceptors (Lipinski definition) is 4. The van der Waals surface area contributed by atoms with Gasteiger partial charge in [-0.3, -0.25) is 4.79 Å². The van der Waals surface area contributed by atoms with E-state index in [1.54, 1.807) is 0 Å². The first-order chi connectivity index (χ1) is 14.7. The summed E-state index contributed by atoms with van der Waals surface area (Å²) in [5.74, 6) is -0.280. The second-order valence-corrected chi connectivity index (χ2v) is 10.2. The van der Waals surface area contributed by atoms with Gasteiger partial charge in [-0.05, 0) is 63.3 Å². The molecule has 164 valence electrons. The fraction of sp³-hybridized carbons (Fsp3) is 0.391. The van der Waals surface area contributed by atoms with Gasteiger partial charge < -0.3 is 9.72 Å². The summed E-state index contributed by atoms with van der Waals surface area (Å²) >= 11 is 0. The van der Waals surface area contributed by atoms with Crippen LogP contribution in [0, 0.1) is 27.7 Å². The molecular formula is C23H28N4O3S. The van der Waals surface area contributed by atoms with E-state index in [1.807, 2.05) is 68.8 Å². The fourth-order valence-electron chi connectivity index (χ4n) is 4.57. The molecule has 1 fully saturated rings. The number of imidazole rings is 1. The molecule has 2 aromatic heterocycles. The molecule has 0 spiro atoms. The summed E-state index contributed by atoms with van der Waals surface area (Å²) < 4.78 is 30.2. The van der Waals surface area contributed by atoms with Gasteiger partial charge in [0.05, 0.1) is 17.1 Å². The Bertz CT molecular complexity index is 1240. The van der Waals surface area contributed by atoms with Crippen molar-refractivity contribution in [2.24, 2.45) is 0 Å². The Hall–Kier alpha value is -2.71. The Morgan fingerprint density at radius 1 is 1.16 bits per heavy atom. The molecule has 4 rings (SSSR count). The van der Waals surface area contributed by atoms with E-state index in [-0.39, 0.29) is 12.5 Å². The molecule has 0 aliphatic carbocycles. The molecule has 1 aromatic carbocycles. The van der Waals surface area contributed by atoms with Crippen molar-refractivity contribution in [2.45, 2.75) is 58.0 Å². The van der Waals surface area contributed by atoms with Crippen LogP contribution in [0.5, 0.6) is 0 Å². The highest BCUT2D eigenvalue weighted by Crippen LogP contribution is 2.30. The van der Waals surface area contributed by atoms with Crippen molar-refractivity contribution in [2.75, 3.05) is 6.54 Å². The number of carbonyl (C=O) groups is 1. The van der Waals surface area contributed by atoms with Crippen molar-refractivity contribution in [1.82, 2.24) is 19.0 Å². The van der Waals surface area contributed by atoms with Crippen LogP contribution in [-0.2, 0) is 21.4 Å². The molecule has 0 radical (unpaired) electrons. The van der Waals surface area contributed by atoms with Crippen LogP contribution < -0.4 is 5.32 Å². The largest absolute Gasteiger partial charge is 0.349 e. The third kappa shape index (κ3) is 3.97. The van der Waals surface area contributed by atoms with E-state index in [0.717, 1.165) is 22.5 Å². The predicted octanol–water partition coefficient (Wildman–Crippen LogP) is 3.04. The number of benzene rings is 1. The zero-order valence-electron chi connectivity index (χ0n) is 18.3. The molecule has 1 saturated heterocycles. The van der Waals surface area contributed by atoms with Crippen molar-refractivity contribution < 1.29 is 13.2 Å². The Labute approximate surface area is 183 Å². The van der Waals surface area contributed by atoms with Crippen LogP contribution in [0.4, 0.5) is 0 Å². The molecule has 0 saturated carbocycles. The number of nitrogens with one attached hydrogen (secondary N) is 1. The second-order valence-electron chi connectivity index (χ2n) is 8.37. The van der Waals surface area contributed by atoms with Crippen LogP contribution in [0.25, 0.3) is 5.65 Å². The maximum Gasteiger partial charge on any atom is 0.244 e. The number of aromatic nitrogens is 2. The lowest BCUT2D eigenvalue weighted by molar-refractivity contribution is -0.124. The van der Waals surface area contributed by atoms with Gasteiger partial charge in [-0.2, -0.15) is 4.31 Å². The summed E-state index contributed by atoms with van der Waals surface area (Å²) in [4.78, 5) is 17.8. The smallest absolute Gasteiger partial charge is 0.244 e. The normalized spacial score (nSPS) is 17.4. The van der Waals surface area contributed by atoms with E-state index in [1.165, 1.54) is 4.31 Å². The Morgan fingerprint density at radius 3 is 2.55 bits per heavy atom. The lowest BCUT2D eigenvalue weighted by Crippen LogP contribution is -2.46. The first-order valence-corrected chi connectivity index (χ1v) is 11.9. The third-order valence-corrected chi connectivity index (χ3v) is 8.06. The van der Waals surface area contributed by atoms with Crippen molar-refractivity contribution >= 4 is 21.6 Å². The molecule has 1 aliphatic heterocycles. The van der Waals surface area contributed by atoms with Crippen molar-refractivity contribution in [1.29, 1.82) is 0 Å². The Balaban J connectivity index is 1.53. The van der Waals surface area contributed by atoms with Crippen molar-refractivity contribution in [3.05, 3.63) is 64.6 Å². The van der Waals surface area contributed by atoms with Gasteiger partial charge in [0.25, 0.3) is 0 Å². The standard InChI is InChI=1S/C23H28N4O3S/c1-15-11-17(3)21(18(4)12-15)31(29,30)27-10-6-8-20(27)23(28)24-13-19-14-26-9-5-7-16(2)22(26)25-19/h5,7,9,11-12,14,20H,6,8,10,13H2,1-4H3,(H,24,28). The first kappa shape index (κ1) is 21.5. The minimum Gasteiger partial charge on any atom is -0.349 e. The molecule has 0 bridgehead atoms. The van der Waals surface area contributed by atoms with Crippen LogP contribution in [0.15, 0.2) is 41.6 Å². The number of pyridine rings is 1. The van der Waals surface area contributed by atoms with E-state index >= 15 is 0 Å². The number of amides is 1. The first-order valence-electron chi connectivity index (χ1n) is 10.5. The molecule has 31 heavy (non-hydrogen) atoms. The molecular weight excluding hydrogens is 412 g/mol. The van der Waals surface area contributed by atoms with E-state index < -0.39 is 16.1 Å². The van der Waals surface area contributed by atoms with Crippen LogP contribution in [0.2, 0.25) is 0 Å². The van der Waals surface area contributed by atoms with Gasteiger partial charge in [0, 0.05) is 18.9 Å². The number of carbonyl (C=O) groups excluding carboxylic acids is 1. The molecule has 1 atom stereocenters. The topological polar surface area (TPSA) is 83.8 Å². The van der Waals surface area contributed by atoms with Gasteiger partial charge in [-0.25, -0.2) is 13.4 Å². The maximum atomic E-state index is 13.5. The fourth-order valence-corrected chi connectivity index (χ4v) is 6.64. The number of hydrogen-bond donors (Lipinski definition) is 1. The number of sulfonamides is 1. The number of fused-ring (bicyclic) bond motifs is 1. The van der Waals surface area contributed by atoms with E-state index in [4.69, 9.17) is 0 Å². The predicted molar refractivity (Wildman–Crippen MR) is 119 cm³/mol. The van der Waals surface area contributed by atoms with E-state index in [9.17, 15) is 13.2 Å². The number of aryl methyl sites for hydroxylation is 4. The zero-order chi connectivity index (χ0) is 22.3. The molecule has 1 unspecified atom stereocenters. The lowest BCUT2D eigenvalue weighted by Gasteiger charge is -2.25. The summed E-state index contributed by atoms with van der Waals surface area (Å²) in [6, 6.07) is 6.97. The highest BCUT2D eigenvalue weighted by atomic mass is 32.2. The highest BCUT2D eigenvalue weighted by molar-refractivity contribution is 7.89. The van der Waals surface area contributed by atoms with Crippen LogP contribution in [0.3, 0.4) is 0 Å². The second kappa shape index (κ2) is 8.09. The van der Waals surface area contributed by atoms with Gasteiger partial charge in [0.15, 0.2) is 0 Å². The van der Waals surface area contributed by atoms with Crippen LogP contribution >= 0.6 is 0 Å². The quantitative estimate of drug-likeness (QED) is 0.661. The molecule has 3 heterocycles. The van der Waals surface area contributed by atoms with Gasteiger partial charge in [0.2, 0.25) is 15.9 Å².